The van der Waals surface area contributed by atoms with Crippen molar-refractivity contribution < 1.29 is 21.7 Å². The van der Waals surface area contributed by atoms with Gasteiger partial charge in [-0.15, -0.1) is 0 Å². The largest absolute Gasteiger partial charge is 1.00 e. The highest BCUT2D eigenvalue weighted by Gasteiger charge is 2.61. The van der Waals surface area contributed by atoms with Crippen LogP contribution >= 0.6 is 0 Å². The molecule has 0 saturated heterocycles. The van der Waals surface area contributed by atoms with Gasteiger partial charge in [0, 0.05) is 11.6 Å². The Kier molecular flexibility index (Phi) is 6.14. The molecule has 2 aliphatic carbocycles. The van der Waals surface area contributed by atoms with Gasteiger partial charge in [0.2, 0.25) is 5.91 Å². The molecule has 1 aromatic carbocycles. The van der Waals surface area contributed by atoms with Crippen LogP contribution in [0.5, 0.6) is 0 Å². The van der Waals surface area contributed by atoms with E-state index in [9.17, 15) is 4.79 Å². The van der Waals surface area contributed by atoms with Crippen LogP contribution in [-0.2, 0) is 11.3 Å². The first-order valence-corrected chi connectivity index (χ1v) is 9.79. The molecule has 1 aromatic rings. The first-order chi connectivity index (χ1) is 11.6. The molecule has 1 amide bonds. The lowest BCUT2D eigenvalue weighted by Crippen LogP contribution is -3.00. The Bertz CT molecular complexity index is 628. The van der Waals surface area contributed by atoms with E-state index in [1.54, 1.807) is 0 Å². The molecule has 2 fully saturated rings. The molecule has 0 aromatic heterocycles. The molecule has 4 heteroatoms. The normalized spacial score (nSPS) is 29.3. The van der Waals surface area contributed by atoms with Crippen LogP contribution in [0.15, 0.2) is 30.3 Å². The molecule has 146 valence electrons. The summed E-state index contributed by atoms with van der Waals surface area (Å²) >= 11 is 0. The number of carbonyl (C=O) groups excluding carboxylic acids is 1. The van der Waals surface area contributed by atoms with Crippen molar-refractivity contribution in [3.63, 3.8) is 0 Å². The second-order valence-electron chi connectivity index (χ2n) is 9.78. The Morgan fingerprint density at radius 1 is 1.19 bits per heavy atom. The first-order valence-electron chi connectivity index (χ1n) is 9.79. The van der Waals surface area contributed by atoms with Crippen molar-refractivity contribution in [2.75, 3.05) is 20.6 Å². The molecule has 3 unspecified atom stereocenters. The fraction of sp³-hybridized carbons (Fsp3) is 0.682. The van der Waals surface area contributed by atoms with E-state index in [1.165, 1.54) is 18.4 Å². The van der Waals surface area contributed by atoms with Crippen molar-refractivity contribution in [3.05, 3.63) is 35.9 Å². The number of rotatable bonds is 6. The molecule has 3 rings (SSSR count). The zero-order valence-corrected chi connectivity index (χ0v) is 17.8. The summed E-state index contributed by atoms with van der Waals surface area (Å²) in [5, 5.41) is 3.39. The third-order valence-corrected chi connectivity index (χ3v) is 7.53. The number of hydrogen-bond acceptors (Lipinski definition) is 1. The average molecular weight is 379 g/mol. The van der Waals surface area contributed by atoms with E-state index in [1.807, 2.05) is 6.07 Å². The van der Waals surface area contributed by atoms with Gasteiger partial charge in [-0.1, -0.05) is 51.1 Å². The standard InChI is InChI=1S/C22H34N2O.ClH/c1-21(2)18-11-13-22(21,3)19(15-18)23-20(25)12-14-24(4,5)16-17-9-7-6-8-10-17;/h6-10,18-19H,11-16H2,1-5H3;1H. The molecule has 2 saturated carbocycles. The van der Waals surface area contributed by atoms with Crippen molar-refractivity contribution >= 4 is 5.91 Å². The van der Waals surface area contributed by atoms with Gasteiger partial charge in [0.15, 0.2) is 0 Å². The smallest absolute Gasteiger partial charge is 0.225 e. The summed E-state index contributed by atoms with van der Waals surface area (Å²) < 4.78 is 0.841. The van der Waals surface area contributed by atoms with Crippen LogP contribution < -0.4 is 17.7 Å². The molecule has 3 nitrogen and oxygen atoms in total. The fourth-order valence-corrected chi connectivity index (χ4v) is 5.25. The van der Waals surface area contributed by atoms with Gasteiger partial charge < -0.3 is 22.2 Å². The number of amides is 1. The lowest BCUT2D eigenvalue weighted by Gasteiger charge is -2.39. The van der Waals surface area contributed by atoms with Crippen molar-refractivity contribution in [2.45, 2.75) is 59.0 Å². The summed E-state index contributed by atoms with van der Waals surface area (Å²) in [4.78, 5) is 12.6. The summed E-state index contributed by atoms with van der Waals surface area (Å²) in [5.41, 5.74) is 1.95. The second kappa shape index (κ2) is 7.52. The molecule has 26 heavy (non-hydrogen) atoms. The third kappa shape index (κ3) is 3.94. The lowest BCUT2D eigenvalue weighted by molar-refractivity contribution is -0.903. The van der Waals surface area contributed by atoms with Crippen LogP contribution in [0, 0.1) is 16.7 Å². The Morgan fingerprint density at radius 3 is 2.38 bits per heavy atom. The molecular weight excluding hydrogens is 344 g/mol. The summed E-state index contributed by atoms with van der Waals surface area (Å²) in [6, 6.07) is 10.9. The van der Waals surface area contributed by atoms with Crippen molar-refractivity contribution in [1.29, 1.82) is 0 Å². The van der Waals surface area contributed by atoms with E-state index in [4.69, 9.17) is 0 Å². The van der Waals surface area contributed by atoms with Gasteiger partial charge in [-0.3, -0.25) is 4.79 Å². The van der Waals surface area contributed by atoms with Gasteiger partial charge in [0.1, 0.15) is 6.54 Å². The lowest BCUT2D eigenvalue weighted by atomic mass is 9.69. The van der Waals surface area contributed by atoms with Gasteiger partial charge in [-0.25, -0.2) is 0 Å². The number of nitrogens with zero attached hydrogens (tertiary/aromatic N) is 1. The molecule has 2 aliphatic rings. The molecule has 3 atom stereocenters. The SMILES string of the molecule is CC1(C)C2CCC1(C)C(NC(=O)CC[N+](C)(C)Cc1ccccc1)C2.[Cl-]. The summed E-state index contributed by atoms with van der Waals surface area (Å²) in [5.74, 6) is 1.00. The van der Waals surface area contributed by atoms with Crippen LogP contribution in [0.1, 0.15) is 52.0 Å². The van der Waals surface area contributed by atoms with E-state index in [-0.39, 0.29) is 23.7 Å². The topological polar surface area (TPSA) is 29.1 Å². The van der Waals surface area contributed by atoms with Crippen molar-refractivity contribution in [3.8, 4) is 0 Å². The highest BCUT2D eigenvalue weighted by atomic mass is 35.5. The van der Waals surface area contributed by atoms with Crippen molar-refractivity contribution in [1.82, 2.24) is 5.32 Å². The van der Waals surface area contributed by atoms with E-state index in [0.717, 1.165) is 29.9 Å². The zero-order valence-electron chi connectivity index (χ0n) is 17.0. The van der Waals surface area contributed by atoms with E-state index < -0.39 is 0 Å². The van der Waals surface area contributed by atoms with Gasteiger partial charge in [-0.2, -0.15) is 0 Å². The molecule has 1 N–H and O–H groups in total. The highest BCUT2D eigenvalue weighted by molar-refractivity contribution is 5.76. The minimum Gasteiger partial charge on any atom is -1.00 e. The predicted octanol–water partition coefficient (Wildman–Crippen LogP) is 0.988. The van der Waals surface area contributed by atoms with Crippen LogP contribution in [-0.4, -0.2) is 37.1 Å². The zero-order chi connectivity index (χ0) is 18.3. The number of carbonyl (C=O) groups is 1. The summed E-state index contributed by atoms with van der Waals surface area (Å²) in [6.07, 6.45) is 4.36. The Morgan fingerprint density at radius 2 is 1.85 bits per heavy atom. The Labute approximate surface area is 165 Å². The van der Waals surface area contributed by atoms with Crippen LogP contribution in [0.3, 0.4) is 0 Å². The second-order valence-corrected chi connectivity index (χ2v) is 9.78. The highest BCUT2D eigenvalue weighted by Crippen LogP contribution is 2.65. The number of benzene rings is 1. The summed E-state index contributed by atoms with van der Waals surface area (Å²) in [6.45, 7) is 9.02. The van der Waals surface area contributed by atoms with Crippen LogP contribution in [0.2, 0.25) is 0 Å². The number of hydrogen-bond donors (Lipinski definition) is 1. The molecular formula is C22H35ClN2O. The van der Waals surface area contributed by atoms with Crippen molar-refractivity contribution in [2.24, 2.45) is 16.7 Å². The number of halogens is 1. The first kappa shape index (κ1) is 21.2. The quantitative estimate of drug-likeness (QED) is 0.735. The van der Waals surface area contributed by atoms with E-state index in [2.05, 4.69) is 64.4 Å². The molecule has 2 bridgehead atoms. The third-order valence-electron chi connectivity index (χ3n) is 7.53. The van der Waals surface area contributed by atoms with E-state index >= 15 is 0 Å². The maximum atomic E-state index is 12.6. The van der Waals surface area contributed by atoms with Gasteiger partial charge >= 0.3 is 0 Å². The summed E-state index contributed by atoms with van der Waals surface area (Å²) in [7, 11) is 4.42. The van der Waals surface area contributed by atoms with Gasteiger partial charge in [-0.05, 0) is 36.0 Å². The number of fused-ring (bicyclic) bond motifs is 2. The molecule has 0 radical (unpaired) electrons. The van der Waals surface area contributed by atoms with Crippen LogP contribution in [0.4, 0.5) is 0 Å². The van der Waals surface area contributed by atoms with Crippen LogP contribution in [0.25, 0.3) is 0 Å². The van der Waals surface area contributed by atoms with Gasteiger partial charge in [0.05, 0.1) is 27.1 Å². The average Bonchev–Trinajstić information content (AvgIpc) is 2.87. The molecule has 0 spiro atoms. The maximum absolute atomic E-state index is 12.6. The van der Waals surface area contributed by atoms with Gasteiger partial charge in [0.25, 0.3) is 0 Å². The fourth-order valence-electron chi connectivity index (χ4n) is 5.25. The maximum Gasteiger partial charge on any atom is 0.225 e. The minimum absolute atomic E-state index is 0. The molecule has 0 aliphatic heterocycles. The van der Waals surface area contributed by atoms with E-state index in [0.29, 0.717) is 17.9 Å². The Hall–Kier alpha value is -1.06. The predicted molar refractivity (Wildman–Crippen MR) is 103 cm³/mol. The monoisotopic (exact) mass is 378 g/mol. The number of nitrogens with one attached hydrogen (secondary N) is 1. The number of quaternary nitrogens is 1. The molecule has 0 heterocycles. The minimum atomic E-state index is 0. The Balaban J connectivity index is 0.00000243.